The van der Waals surface area contributed by atoms with E-state index in [-0.39, 0.29) is 17.8 Å². The van der Waals surface area contributed by atoms with Gasteiger partial charge < -0.3 is 9.42 Å². The Labute approximate surface area is 166 Å². The fourth-order valence-electron chi connectivity index (χ4n) is 3.64. The first-order valence-corrected chi connectivity index (χ1v) is 9.63. The molecule has 1 amide bonds. The van der Waals surface area contributed by atoms with Crippen LogP contribution in [0.1, 0.15) is 47.9 Å². The van der Waals surface area contributed by atoms with Gasteiger partial charge in [-0.3, -0.25) is 9.48 Å². The van der Waals surface area contributed by atoms with Gasteiger partial charge in [0.2, 0.25) is 0 Å². The number of hydrogen-bond donors (Lipinski definition) is 0. The zero-order chi connectivity index (χ0) is 19.7. The molecule has 1 atom stereocenters. The number of hydrogen-bond acceptors (Lipinski definition) is 4. The monoisotopic (exact) mass is 402 g/mol. The molecule has 3 aromatic rings. The van der Waals surface area contributed by atoms with Crippen molar-refractivity contribution in [1.82, 2.24) is 19.8 Å². The van der Waals surface area contributed by atoms with Crippen LogP contribution in [-0.4, -0.2) is 32.3 Å². The van der Waals surface area contributed by atoms with Crippen LogP contribution in [0.2, 0.25) is 5.02 Å². The predicted molar refractivity (Wildman–Crippen MR) is 102 cm³/mol. The Kier molecular flexibility index (Phi) is 5.17. The smallest absolute Gasteiger partial charge is 0.274 e. The molecule has 0 spiro atoms. The average molecular weight is 403 g/mol. The number of nitrogens with zero attached hydrogens (tertiary/aromatic N) is 4. The highest BCUT2D eigenvalue weighted by Crippen LogP contribution is 2.34. The SMILES string of the molecule is Cn1ncc(Cl)c1C(=O)N1CCCCC[C@H]1c1cc(-c2ccc(F)cc2)on1. The lowest BCUT2D eigenvalue weighted by Gasteiger charge is -2.28. The van der Waals surface area contributed by atoms with E-state index < -0.39 is 0 Å². The van der Waals surface area contributed by atoms with Gasteiger partial charge in [-0.05, 0) is 37.1 Å². The Hall–Kier alpha value is -2.67. The molecule has 28 heavy (non-hydrogen) atoms. The molecule has 4 rings (SSSR count). The number of rotatable bonds is 3. The number of halogens is 2. The number of carbonyl (C=O) groups is 1. The Morgan fingerprint density at radius 2 is 2.04 bits per heavy atom. The van der Waals surface area contributed by atoms with Crippen molar-refractivity contribution in [3.63, 3.8) is 0 Å². The van der Waals surface area contributed by atoms with E-state index in [0.29, 0.717) is 28.7 Å². The molecule has 0 N–H and O–H groups in total. The highest BCUT2D eigenvalue weighted by atomic mass is 35.5. The molecule has 6 nitrogen and oxygen atoms in total. The molecule has 8 heteroatoms. The van der Waals surface area contributed by atoms with E-state index >= 15 is 0 Å². The molecule has 1 aliphatic heterocycles. The van der Waals surface area contributed by atoms with Crippen molar-refractivity contribution < 1.29 is 13.7 Å². The number of carbonyl (C=O) groups excluding carboxylic acids is 1. The summed E-state index contributed by atoms with van der Waals surface area (Å²) in [5, 5.41) is 8.63. The van der Waals surface area contributed by atoms with Gasteiger partial charge in [0.25, 0.3) is 5.91 Å². The van der Waals surface area contributed by atoms with Gasteiger partial charge in [-0.1, -0.05) is 29.6 Å². The molecule has 0 saturated carbocycles. The Morgan fingerprint density at radius 1 is 1.25 bits per heavy atom. The standard InChI is InChI=1S/C20H20ClFN4O2/c1-25-19(15(21)12-23-25)20(27)26-10-4-2-3-5-17(26)16-11-18(28-24-16)13-6-8-14(22)9-7-13/h6-9,11-12,17H,2-5,10H2,1H3/t17-/m0/s1. The highest BCUT2D eigenvalue weighted by molar-refractivity contribution is 6.33. The van der Waals surface area contributed by atoms with Gasteiger partial charge in [-0.2, -0.15) is 5.10 Å². The minimum atomic E-state index is -0.308. The predicted octanol–water partition coefficient (Wildman–Crippen LogP) is 4.63. The Balaban J connectivity index is 1.66. The molecular formula is C20H20ClFN4O2. The summed E-state index contributed by atoms with van der Waals surface area (Å²) in [5.74, 6) is 0.0746. The number of benzene rings is 1. The lowest BCUT2D eigenvalue weighted by Crippen LogP contribution is -2.36. The summed E-state index contributed by atoms with van der Waals surface area (Å²) in [6.07, 6.45) is 5.22. The third-order valence-electron chi connectivity index (χ3n) is 5.11. The van der Waals surface area contributed by atoms with Gasteiger partial charge in [0.1, 0.15) is 17.2 Å². The van der Waals surface area contributed by atoms with E-state index in [9.17, 15) is 9.18 Å². The van der Waals surface area contributed by atoms with Crippen LogP contribution in [0.25, 0.3) is 11.3 Å². The first-order valence-electron chi connectivity index (χ1n) is 9.25. The normalized spacial score (nSPS) is 17.5. The van der Waals surface area contributed by atoms with Gasteiger partial charge in [0, 0.05) is 25.2 Å². The summed E-state index contributed by atoms with van der Waals surface area (Å²) >= 11 is 6.19. The summed E-state index contributed by atoms with van der Waals surface area (Å²) in [6, 6.07) is 7.66. The summed E-state index contributed by atoms with van der Waals surface area (Å²) in [7, 11) is 1.70. The maximum atomic E-state index is 13.2. The van der Waals surface area contributed by atoms with Crippen LogP contribution in [0.4, 0.5) is 4.39 Å². The molecule has 3 heterocycles. The molecular weight excluding hydrogens is 383 g/mol. The molecule has 1 fully saturated rings. The van der Waals surface area contributed by atoms with Crippen molar-refractivity contribution in [2.45, 2.75) is 31.7 Å². The molecule has 1 saturated heterocycles. The number of aryl methyl sites for hydroxylation is 1. The van der Waals surface area contributed by atoms with Crippen molar-refractivity contribution in [2.24, 2.45) is 7.05 Å². The van der Waals surface area contributed by atoms with Gasteiger partial charge >= 0.3 is 0 Å². The minimum Gasteiger partial charge on any atom is -0.356 e. The summed E-state index contributed by atoms with van der Waals surface area (Å²) in [4.78, 5) is 15.0. The molecule has 0 bridgehead atoms. The van der Waals surface area contributed by atoms with E-state index in [2.05, 4.69) is 10.3 Å². The second kappa shape index (κ2) is 7.75. The second-order valence-corrected chi connectivity index (χ2v) is 7.36. The van der Waals surface area contributed by atoms with E-state index in [4.69, 9.17) is 16.1 Å². The molecule has 1 aromatic carbocycles. The van der Waals surface area contributed by atoms with Crippen molar-refractivity contribution in [1.29, 1.82) is 0 Å². The highest BCUT2D eigenvalue weighted by Gasteiger charge is 2.32. The first kappa shape index (κ1) is 18.7. The second-order valence-electron chi connectivity index (χ2n) is 6.95. The summed E-state index contributed by atoms with van der Waals surface area (Å²) < 4.78 is 20.2. The third-order valence-corrected chi connectivity index (χ3v) is 5.39. The van der Waals surface area contributed by atoms with Crippen LogP contribution < -0.4 is 0 Å². The zero-order valence-corrected chi connectivity index (χ0v) is 16.2. The third kappa shape index (κ3) is 3.54. The Morgan fingerprint density at radius 3 is 2.75 bits per heavy atom. The maximum Gasteiger partial charge on any atom is 0.274 e. The summed E-state index contributed by atoms with van der Waals surface area (Å²) in [5.41, 5.74) is 1.80. The Bertz CT molecular complexity index is 963. The summed E-state index contributed by atoms with van der Waals surface area (Å²) in [6.45, 7) is 0.615. The molecule has 1 aliphatic rings. The maximum absolute atomic E-state index is 13.2. The molecule has 0 aliphatic carbocycles. The number of amides is 1. The average Bonchev–Trinajstić information content (AvgIpc) is 3.21. The lowest BCUT2D eigenvalue weighted by atomic mass is 10.0. The van der Waals surface area contributed by atoms with Gasteiger partial charge in [-0.15, -0.1) is 0 Å². The van der Waals surface area contributed by atoms with Crippen LogP contribution >= 0.6 is 11.6 Å². The van der Waals surface area contributed by atoms with E-state index in [0.717, 1.165) is 31.2 Å². The largest absolute Gasteiger partial charge is 0.356 e. The van der Waals surface area contributed by atoms with Gasteiger partial charge in [0.15, 0.2) is 5.76 Å². The molecule has 2 aromatic heterocycles. The van der Waals surface area contributed by atoms with E-state index in [1.165, 1.54) is 23.0 Å². The van der Waals surface area contributed by atoms with Crippen LogP contribution in [0.3, 0.4) is 0 Å². The van der Waals surface area contributed by atoms with Crippen LogP contribution in [0.15, 0.2) is 41.1 Å². The molecule has 0 unspecified atom stereocenters. The van der Waals surface area contributed by atoms with Crippen LogP contribution in [0.5, 0.6) is 0 Å². The van der Waals surface area contributed by atoms with Crippen molar-refractivity contribution >= 4 is 17.5 Å². The van der Waals surface area contributed by atoms with E-state index in [1.54, 1.807) is 19.2 Å². The lowest BCUT2D eigenvalue weighted by molar-refractivity contribution is 0.0663. The van der Waals surface area contributed by atoms with Gasteiger partial charge in [-0.25, -0.2) is 4.39 Å². The number of aromatic nitrogens is 3. The van der Waals surface area contributed by atoms with Crippen LogP contribution in [-0.2, 0) is 7.05 Å². The van der Waals surface area contributed by atoms with Gasteiger partial charge in [0.05, 0.1) is 17.3 Å². The fourth-order valence-corrected chi connectivity index (χ4v) is 3.89. The molecule has 146 valence electrons. The van der Waals surface area contributed by atoms with Crippen molar-refractivity contribution in [3.8, 4) is 11.3 Å². The fraction of sp³-hybridized carbons (Fsp3) is 0.350. The minimum absolute atomic E-state index is 0.164. The topological polar surface area (TPSA) is 64.2 Å². The first-order chi connectivity index (χ1) is 13.5. The van der Waals surface area contributed by atoms with Crippen LogP contribution in [0, 0.1) is 5.82 Å². The van der Waals surface area contributed by atoms with E-state index in [1.807, 2.05) is 11.0 Å². The molecule has 0 radical (unpaired) electrons. The van der Waals surface area contributed by atoms with Crippen molar-refractivity contribution in [2.75, 3.05) is 6.54 Å². The zero-order valence-electron chi connectivity index (χ0n) is 15.4. The quantitative estimate of drug-likeness (QED) is 0.641. The van der Waals surface area contributed by atoms with Crippen molar-refractivity contribution in [3.05, 3.63) is 58.8 Å². The number of likely N-dealkylation sites (tertiary alicyclic amines) is 1.